The quantitative estimate of drug-likeness (QED) is 0.0339. The first-order valence-corrected chi connectivity index (χ1v) is 23.9. The first-order valence-electron chi connectivity index (χ1n) is 23.9. The Balaban J connectivity index is 2.31. The lowest BCUT2D eigenvalue weighted by Gasteiger charge is -2.29. The van der Waals surface area contributed by atoms with E-state index in [9.17, 15) is 0 Å². The first-order chi connectivity index (χ1) is 24.7. The van der Waals surface area contributed by atoms with E-state index in [1.165, 1.54) is 268 Å². The van der Waals surface area contributed by atoms with Gasteiger partial charge in [-0.1, -0.05) is 227 Å². The van der Waals surface area contributed by atoms with Crippen molar-refractivity contribution < 1.29 is 9.06 Å². The van der Waals surface area contributed by atoms with Crippen LogP contribution in [0.25, 0.3) is 0 Å². The molecule has 296 valence electrons. The Hall–Kier alpha value is -0.630. The molecule has 0 fully saturated rings. The van der Waals surface area contributed by atoms with E-state index >= 15 is 0 Å². The second-order valence-corrected chi connectivity index (χ2v) is 16.8. The van der Waals surface area contributed by atoms with Crippen molar-refractivity contribution in [3.8, 4) is 0 Å². The van der Waals surface area contributed by atoms with Crippen molar-refractivity contribution in [2.75, 3.05) is 19.6 Å². The number of amidine groups is 1. The maximum absolute atomic E-state index is 2.75. The standard InChI is InChI=1S/C48H96N2/c1-5-9-13-15-17-19-21-23-25-27-29-31-33-35-37-39-42-48-49(44-47-50(48,45-12-8-4)46-41-11-7-3)43-40-38-36-34-32-30-28-26-24-22-20-18-16-14-10-6-2/h44,47H,5-43,45-46H2,1-4H3/q+2. The van der Waals surface area contributed by atoms with Crippen LogP contribution in [0.1, 0.15) is 272 Å². The summed E-state index contributed by atoms with van der Waals surface area (Å²) in [6.07, 6.45) is 59.7. The molecule has 1 unspecified atom stereocenters. The number of unbranched alkanes of at least 4 members (excludes halogenated alkanes) is 33. The average Bonchev–Trinajstić information content (AvgIpc) is 3.46. The number of hydrogen-bond donors (Lipinski definition) is 0. The molecule has 1 aliphatic heterocycles. The van der Waals surface area contributed by atoms with Crippen LogP contribution in [-0.4, -0.2) is 34.5 Å². The van der Waals surface area contributed by atoms with Gasteiger partial charge in [0.25, 0.3) is 0 Å². The summed E-state index contributed by atoms with van der Waals surface area (Å²) in [6.45, 7) is 13.3. The topological polar surface area (TPSA) is 3.01 Å². The molecule has 0 spiro atoms. The van der Waals surface area contributed by atoms with Crippen LogP contribution in [-0.2, 0) is 0 Å². The van der Waals surface area contributed by atoms with Gasteiger partial charge in [-0.3, -0.25) is 0 Å². The average molecular weight is 701 g/mol. The van der Waals surface area contributed by atoms with Crippen LogP contribution in [0.5, 0.6) is 0 Å². The normalized spacial score (nSPS) is 16.0. The summed E-state index contributed by atoms with van der Waals surface area (Å²) in [7, 11) is 0. The van der Waals surface area contributed by atoms with E-state index in [1.807, 2.05) is 0 Å². The Bertz CT molecular complexity index is 753. The van der Waals surface area contributed by atoms with Crippen molar-refractivity contribution >= 4 is 5.84 Å². The Morgan fingerprint density at radius 1 is 0.340 bits per heavy atom. The zero-order valence-electron chi connectivity index (χ0n) is 35.5. The van der Waals surface area contributed by atoms with Crippen molar-refractivity contribution in [3.63, 3.8) is 0 Å². The second-order valence-electron chi connectivity index (χ2n) is 16.8. The molecule has 0 N–H and O–H groups in total. The molecule has 0 saturated carbocycles. The van der Waals surface area contributed by atoms with E-state index in [2.05, 4.69) is 44.7 Å². The summed E-state index contributed by atoms with van der Waals surface area (Å²) in [6, 6.07) is 0. The summed E-state index contributed by atoms with van der Waals surface area (Å²) < 4.78 is 3.93. The van der Waals surface area contributed by atoms with Crippen LogP contribution in [0.2, 0.25) is 0 Å². The Labute approximate surface area is 317 Å². The monoisotopic (exact) mass is 701 g/mol. The van der Waals surface area contributed by atoms with Crippen LogP contribution in [0.15, 0.2) is 12.4 Å². The highest BCUT2D eigenvalue weighted by atomic mass is 15.4. The fourth-order valence-electron chi connectivity index (χ4n) is 8.47. The van der Waals surface area contributed by atoms with E-state index in [0.717, 1.165) is 0 Å². The van der Waals surface area contributed by atoms with Gasteiger partial charge in [0.2, 0.25) is 6.20 Å². The Morgan fingerprint density at radius 3 is 1.02 bits per heavy atom. The van der Waals surface area contributed by atoms with Gasteiger partial charge in [-0.25, -0.2) is 4.48 Å². The molecule has 50 heavy (non-hydrogen) atoms. The molecule has 0 aromatic rings. The van der Waals surface area contributed by atoms with Gasteiger partial charge >= 0.3 is 5.84 Å². The number of rotatable bonds is 41. The maximum atomic E-state index is 2.75. The van der Waals surface area contributed by atoms with Crippen molar-refractivity contribution in [2.24, 2.45) is 0 Å². The van der Waals surface area contributed by atoms with Crippen molar-refractivity contribution in [1.82, 2.24) is 0 Å². The molecule has 0 aliphatic carbocycles. The molecular formula is C48H96N2+2. The molecule has 0 aromatic carbocycles. The van der Waals surface area contributed by atoms with Gasteiger partial charge in [-0.05, 0) is 32.1 Å². The molecule has 1 rings (SSSR count). The minimum Gasteiger partial charge on any atom is -0.209 e. The fraction of sp³-hybridized carbons (Fsp3) is 0.938. The van der Waals surface area contributed by atoms with E-state index < -0.39 is 0 Å². The zero-order valence-corrected chi connectivity index (χ0v) is 35.5. The Morgan fingerprint density at radius 2 is 0.640 bits per heavy atom. The molecule has 2 heteroatoms. The summed E-state index contributed by atoms with van der Waals surface area (Å²) >= 11 is 0. The number of nitrogens with zero attached hydrogens (tertiary/aromatic N) is 2. The number of hydrogen-bond acceptors (Lipinski definition) is 0. The molecule has 1 heterocycles. The van der Waals surface area contributed by atoms with Crippen LogP contribution < -0.4 is 0 Å². The first kappa shape index (κ1) is 47.4. The van der Waals surface area contributed by atoms with E-state index in [0.29, 0.717) is 0 Å². The minimum absolute atomic E-state index is 1.19. The largest absolute Gasteiger partial charge is 0.348 e. The molecule has 2 nitrogen and oxygen atoms in total. The van der Waals surface area contributed by atoms with Gasteiger partial charge in [0.1, 0.15) is 0 Å². The molecule has 0 amide bonds. The smallest absolute Gasteiger partial charge is 0.209 e. The third-order valence-electron chi connectivity index (χ3n) is 12.0. The highest BCUT2D eigenvalue weighted by molar-refractivity contribution is 5.72. The number of quaternary nitrogens is 1. The van der Waals surface area contributed by atoms with Crippen LogP contribution in [0.4, 0.5) is 0 Å². The lowest BCUT2D eigenvalue weighted by atomic mass is 10.0. The fourth-order valence-corrected chi connectivity index (χ4v) is 8.47. The second kappa shape index (κ2) is 36.7. The van der Waals surface area contributed by atoms with Gasteiger partial charge in [0, 0.05) is 6.42 Å². The maximum Gasteiger partial charge on any atom is 0.348 e. The van der Waals surface area contributed by atoms with Gasteiger partial charge in [-0.2, -0.15) is 4.58 Å². The zero-order chi connectivity index (χ0) is 36.1. The van der Waals surface area contributed by atoms with E-state index in [-0.39, 0.29) is 0 Å². The summed E-state index contributed by atoms with van der Waals surface area (Å²) in [4.78, 5) is 0. The van der Waals surface area contributed by atoms with Gasteiger partial charge in [0.05, 0.1) is 19.5 Å². The third kappa shape index (κ3) is 26.2. The molecule has 1 aliphatic rings. The Kier molecular flexibility index (Phi) is 34.8. The SMILES string of the molecule is CCCCCCCCCCCCCCCCCCC1=[N+](CCCCCCCCCCCCCCCCCC)C=C[N+]1(CCCC)CCCCC. The van der Waals surface area contributed by atoms with Gasteiger partial charge in [0.15, 0.2) is 12.7 Å². The van der Waals surface area contributed by atoms with Crippen LogP contribution in [0.3, 0.4) is 0 Å². The van der Waals surface area contributed by atoms with Crippen molar-refractivity contribution in [3.05, 3.63) is 12.4 Å². The van der Waals surface area contributed by atoms with Gasteiger partial charge in [-0.15, -0.1) is 0 Å². The van der Waals surface area contributed by atoms with Crippen molar-refractivity contribution in [1.29, 1.82) is 0 Å². The summed E-state index contributed by atoms with van der Waals surface area (Å²) in [5.41, 5.74) is 0. The van der Waals surface area contributed by atoms with Crippen LogP contribution in [0, 0.1) is 0 Å². The highest BCUT2D eigenvalue weighted by Gasteiger charge is 2.42. The summed E-state index contributed by atoms with van der Waals surface area (Å²) in [5.74, 6) is 1.76. The predicted octanol–water partition coefficient (Wildman–Crippen LogP) is 16.6. The summed E-state index contributed by atoms with van der Waals surface area (Å²) in [5, 5.41) is 0. The van der Waals surface area contributed by atoms with E-state index in [4.69, 9.17) is 0 Å². The van der Waals surface area contributed by atoms with E-state index in [1.54, 1.807) is 5.84 Å². The van der Waals surface area contributed by atoms with Gasteiger partial charge < -0.3 is 0 Å². The highest BCUT2D eigenvalue weighted by Crippen LogP contribution is 2.25. The lowest BCUT2D eigenvalue weighted by Crippen LogP contribution is -2.49. The predicted molar refractivity (Wildman–Crippen MR) is 227 cm³/mol. The molecular weight excluding hydrogens is 605 g/mol. The molecule has 0 saturated heterocycles. The molecule has 0 bridgehead atoms. The van der Waals surface area contributed by atoms with Crippen LogP contribution >= 0.6 is 0 Å². The molecule has 0 aromatic heterocycles. The lowest BCUT2D eigenvalue weighted by molar-refractivity contribution is -0.801. The van der Waals surface area contributed by atoms with Crippen molar-refractivity contribution in [2.45, 2.75) is 272 Å². The molecule has 0 radical (unpaired) electrons. The minimum atomic E-state index is 1.19. The molecule has 1 atom stereocenters. The third-order valence-corrected chi connectivity index (χ3v) is 12.0.